The number of nitrogens with one attached hydrogen (secondary N) is 1. The molecule has 0 amide bonds. The van der Waals surface area contributed by atoms with Crippen molar-refractivity contribution in [3.05, 3.63) is 23.3 Å². The van der Waals surface area contributed by atoms with Crippen molar-refractivity contribution in [3.63, 3.8) is 0 Å². The lowest BCUT2D eigenvalue weighted by atomic mass is 9.53. The molecular weight excluding hydrogens is 290 g/mol. The SMILES string of the molecule is C[C@@]12c3c4ccc(O)c3OC1CCC[C@]2(O)[C@@H](NCC1CC1)C4. The molecule has 1 heterocycles. The predicted octanol–water partition coefficient (Wildman–Crippen LogP) is 2.25. The quantitative estimate of drug-likeness (QED) is 0.801. The van der Waals surface area contributed by atoms with E-state index in [0.717, 1.165) is 43.7 Å². The third-order valence-electron chi connectivity index (χ3n) is 6.92. The van der Waals surface area contributed by atoms with Crippen LogP contribution >= 0.6 is 0 Å². The van der Waals surface area contributed by atoms with Crippen molar-refractivity contribution in [1.29, 1.82) is 0 Å². The highest BCUT2D eigenvalue weighted by Crippen LogP contribution is 2.61. The predicted molar refractivity (Wildman–Crippen MR) is 86.9 cm³/mol. The van der Waals surface area contributed by atoms with Gasteiger partial charge in [-0.25, -0.2) is 0 Å². The molecule has 1 unspecified atom stereocenters. The topological polar surface area (TPSA) is 61.7 Å². The van der Waals surface area contributed by atoms with E-state index in [9.17, 15) is 10.2 Å². The van der Waals surface area contributed by atoms with E-state index in [-0.39, 0.29) is 17.9 Å². The van der Waals surface area contributed by atoms with Crippen molar-refractivity contribution in [2.24, 2.45) is 5.92 Å². The van der Waals surface area contributed by atoms with Crippen LogP contribution in [0.1, 0.15) is 50.2 Å². The van der Waals surface area contributed by atoms with E-state index >= 15 is 0 Å². The largest absolute Gasteiger partial charge is 0.504 e. The maximum Gasteiger partial charge on any atom is 0.165 e. The minimum absolute atomic E-state index is 0.0335. The van der Waals surface area contributed by atoms with Crippen LogP contribution in [0.25, 0.3) is 0 Å². The maximum absolute atomic E-state index is 11.8. The van der Waals surface area contributed by atoms with Crippen molar-refractivity contribution in [1.82, 2.24) is 5.32 Å². The number of ether oxygens (including phenoxy) is 1. The summed E-state index contributed by atoms with van der Waals surface area (Å²) in [5.41, 5.74) is 1.07. The Bertz CT molecular complexity index is 671. The molecule has 0 saturated heterocycles. The van der Waals surface area contributed by atoms with Crippen molar-refractivity contribution in [2.45, 2.75) is 68.6 Å². The molecule has 0 radical (unpaired) electrons. The number of hydrogen-bond donors (Lipinski definition) is 3. The molecule has 0 bridgehead atoms. The Balaban J connectivity index is 1.63. The van der Waals surface area contributed by atoms with Gasteiger partial charge in [0.2, 0.25) is 0 Å². The maximum atomic E-state index is 11.8. The molecule has 3 aliphatic carbocycles. The van der Waals surface area contributed by atoms with Crippen LogP contribution in [0, 0.1) is 5.92 Å². The van der Waals surface area contributed by atoms with Gasteiger partial charge in [0.05, 0.1) is 11.0 Å². The molecule has 23 heavy (non-hydrogen) atoms. The smallest absolute Gasteiger partial charge is 0.165 e. The summed E-state index contributed by atoms with van der Waals surface area (Å²) in [5.74, 6) is 1.63. The standard InChI is InChI=1S/C19H25NO3/c1-18-15-3-2-8-19(18,22)14(20-10-11-4-5-11)9-12-6-7-13(21)17(23-15)16(12)18/h6-7,11,14-15,20-22H,2-5,8-10H2,1H3/t14-,15?,18-,19-/m0/s1. The lowest BCUT2D eigenvalue weighted by Gasteiger charge is -2.55. The van der Waals surface area contributed by atoms with Crippen LogP contribution in [0.4, 0.5) is 0 Å². The zero-order valence-electron chi connectivity index (χ0n) is 13.6. The Hall–Kier alpha value is -1.26. The number of aromatic hydroxyl groups is 1. The molecule has 1 aromatic carbocycles. The van der Waals surface area contributed by atoms with E-state index in [1.54, 1.807) is 6.07 Å². The third-order valence-corrected chi connectivity index (χ3v) is 6.92. The molecule has 4 heteroatoms. The Morgan fingerprint density at radius 2 is 2.13 bits per heavy atom. The second-order valence-corrected chi connectivity index (χ2v) is 8.18. The summed E-state index contributed by atoms with van der Waals surface area (Å²) in [6, 6.07) is 3.84. The van der Waals surface area contributed by atoms with Gasteiger partial charge in [-0.15, -0.1) is 0 Å². The first-order chi connectivity index (χ1) is 11.0. The minimum atomic E-state index is -0.795. The number of benzene rings is 1. The molecule has 4 nitrogen and oxygen atoms in total. The zero-order valence-corrected chi connectivity index (χ0v) is 13.6. The van der Waals surface area contributed by atoms with Crippen LogP contribution in [0.15, 0.2) is 12.1 Å². The van der Waals surface area contributed by atoms with Crippen LogP contribution < -0.4 is 10.1 Å². The van der Waals surface area contributed by atoms with Crippen LogP contribution in [0.5, 0.6) is 11.5 Å². The van der Waals surface area contributed by atoms with Gasteiger partial charge in [0.25, 0.3) is 0 Å². The fraction of sp³-hybridized carbons (Fsp3) is 0.684. The molecule has 5 rings (SSSR count). The molecule has 124 valence electrons. The van der Waals surface area contributed by atoms with Crippen molar-refractivity contribution in [2.75, 3.05) is 6.54 Å². The number of phenols is 1. The summed E-state index contributed by atoms with van der Waals surface area (Å²) in [4.78, 5) is 0. The van der Waals surface area contributed by atoms with Crippen LogP contribution in [0.2, 0.25) is 0 Å². The molecule has 4 atom stereocenters. The van der Waals surface area contributed by atoms with Crippen LogP contribution in [0.3, 0.4) is 0 Å². The number of aliphatic hydroxyl groups is 1. The van der Waals surface area contributed by atoms with E-state index in [1.807, 2.05) is 6.07 Å². The normalized spacial score (nSPS) is 40.6. The van der Waals surface area contributed by atoms with Gasteiger partial charge in [-0.3, -0.25) is 0 Å². The summed E-state index contributed by atoms with van der Waals surface area (Å²) < 4.78 is 6.15. The summed E-state index contributed by atoms with van der Waals surface area (Å²) in [6.07, 6.45) is 6.14. The first-order valence-corrected chi connectivity index (χ1v) is 9.02. The Labute approximate surface area is 136 Å². The molecule has 0 spiro atoms. The molecule has 1 aromatic rings. The van der Waals surface area contributed by atoms with Crippen molar-refractivity contribution >= 4 is 0 Å². The molecule has 3 N–H and O–H groups in total. The van der Waals surface area contributed by atoms with Gasteiger partial charge in [-0.1, -0.05) is 6.07 Å². The van der Waals surface area contributed by atoms with Crippen molar-refractivity contribution in [3.8, 4) is 11.5 Å². The molecule has 2 saturated carbocycles. The highest BCUT2D eigenvalue weighted by Gasteiger charge is 2.66. The Morgan fingerprint density at radius 1 is 1.30 bits per heavy atom. The van der Waals surface area contributed by atoms with Gasteiger partial charge >= 0.3 is 0 Å². The summed E-state index contributed by atoms with van der Waals surface area (Å²) in [6.45, 7) is 3.16. The lowest BCUT2D eigenvalue weighted by molar-refractivity contribution is -0.125. The van der Waals surface area contributed by atoms with Crippen LogP contribution in [-0.2, 0) is 11.8 Å². The zero-order chi connectivity index (χ0) is 15.8. The van der Waals surface area contributed by atoms with Gasteiger partial charge in [0, 0.05) is 11.6 Å². The molecule has 4 aliphatic rings. The summed E-state index contributed by atoms with van der Waals surface area (Å²) in [7, 11) is 0. The molecule has 1 aliphatic heterocycles. The fourth-order valence-corrected chi connectivity index (χ4v) is 5.35. The van der Waals surface area contributed by atoms with Gasteiger partial charge in [0.1, 0.15) is 6.10 Å². The first-order valence-electron chi connectivity index (χ1n) is 9.02. The average Bonchev–Trinajstić information content (AvgIpc) is 3.29. The number of hydrogen-bond acceptors (Lipinski definition) is 4. The Kier molecular flexibility index (Phi) is 2.71. The third kappa shape index (κ3) is 1.69. The lowest BCUT2D eigenvalue weighted by Crippen LogP contribution is -2.69. The molecule has 0 aromatic heterocycles. The highest BCUT2D eigenvalue weighted by atomic mass is 16.5. The van der Waals surface area contributed by atoms with Gasteiger partial charge in [-0.05, 0) is 69.5 Å². The van der Waals surface area contributed by atoms with E-state index in [0.29, 0.717) is 5.75 Å². The fourth-order valence-electron chi connectivity index (χ4n) is 5.35. The molecule has 2 fully saturated rings. The van der Waals surface area contributed by atoms with Gasteiger partial charge in [-0.2, -0.15) is 0 Å². The second kappa shape index (κ2) is 4.42. The number of rotatable bonds is 3. The minimum Gasteiger partial charge on any atom is -0.504 e. The van der Waals surface area contributed by atoms with Gasteiger partial charge < -0.3 is 20.3 Å². The van der Waals surface area contributed by atoms with Crippen LogP contribution in [-0.4, -0.2) is 34.5 Å². The Morgan fingerprint density at radius 3 is 2.91 bits per heavy atom. The average molecular weight is 315 g/mol. The first kappa shape index (κ1) is 14.1. The number of phenolic OH excluding ortho intramolecular Hbond substituents is 1. The van der Waals surface area contributed by atoms with E-state index in [1.165, 1.54) is 18.4 Å². The highest BCUT2D eigenvalue weighted by molar-refractivity contribution is 5.61. The van der Waals surface area contributed by atoms with Crippen molar-refractivity contribution < 1.29 is 14.9 Å². The van der Waals surface area contributed by atoms with E-state index < -0.39 is 11.0 Å². The summed E-state index contributed by atoms with van der Waals surface area (Å²) in [5, 5.41) is 25.7. The molecular formula is C19H25NO3. The summed E-state index contributed by atoms with van der Waals surface area (Å²) >= 11 is 0. The van der Waals surface area contributed by atoms with Gasteiger partial charge in [0.15, 0.2) is 11.5 Å². The monoisotopic (exact) mass is 315 g/mol. The van der Waals surface area contributed by atoms with E-state index in [2.05, 4.69) is 12.2 Å². The van der Waals surface area contributed by atoms with E-state index in [4.69, 9.17) is 4.74 Å². The second-order valence-electron chi connectivity index (χ2n) is 8.18.